The van der Waals surface area contributed by atoms with Gasteiger partial charge in [0.25, 0.3) is 0 Å². The van der Waals surface area contributed by atoms with Gasteiger partial charge in [-0.15, -0.1) is 11.3 Å². The lowest BCUT2D eigenvalue weighted by Crippen LogP contribution is -2.53. The van der Waals surface area contributed by atoms with Crippen molar-refractivity contribution in [2.24, 2.45) is 0 Å². The highest BCUT2D eigenvalue weighted by atomic mass is 32.2. The van der Waals surface area contributed by atoms with Gasteiger partial charge in [-0.1, -0.05) is 0 Å². The lowest BCUT2D eigenvalue weighted by Gasteiger charge is -2.37. The van der Waals surface area contributed by atoms with Gasteiger partial charge in [0.15, 0.2) is 9.84 Å². The number of nitrogens with zero attached hydrogens (tertiary/aromatic N) is 1. The number of hydrogen-bond donors (Lipinski definition) is 1. The molecule has 6 heteroatoms. The number of thiazole rings is 1. The average Bonchev–Trinajstić information content (AvgIpc) is 2.57. The van der Waals surface area contributed by atoms with Crippen LogP contribution in [-0.2, 0) is 15.4 Å². The third-order valence-corrected chi connectivity index (χ3v) is 6.65. The first kappa shape index (κ1) is 14.9. The van der Waals surface area contributed by atoms with Gasteiger partial charge < -0.3 is 5.32 Å². The van der Waals surface area contributed by atoms with Gasteiger partial charge in [-0.05, 0) is 40.5 Å². The minimum atomic E-state index is -2.98. The van der Waals surface area contributed by atoms with E-state index in [4.69, 9.17) is 0 Å². The molecule has 4 nitrogen and oxygen atoms in total. The van der Waals surface area contributed by atoms with Crippen molar-refractivity contribution in [3.05, 3.63) is 15.6 Å². The van der Waals surface area contributed by atoms with E-state index in [1.54, 1.807) is 11.3 Å². The first-order chi connectivity index (χ1) is 8.74. The van der Waals surface area contributed by atoms with E-state index in [2.05, 4.69) is 24.1 Å². The van der Waals surface area contributed by atoms with Crippen LogP contribution in [0.4, 0.5) is 0 Å². The number of sulfone groups is 1. The smallest absolute Gasteiger partial charge is 0.152 e. The van der Waals surface area contributed by atoms with Crippen molar-refractivity contribution in [3.8, 4) is 0 Å². The minimum Gasteiger partial charge on any atom is -0.302 e. The highest BCUT2D eigenvalue weighted by Gasteiger charge is 2.43. The molecule has 0 radical (unpaired) electrons. The molecule has 2 heterocycles. The monoisotopic (exact) mass is 302 g/mol. The van der Waals surface area contributed by atoms with E-state index in [0.717, 1.165) is 17.1 Å². The molecule has 108 valence electrons. The molecule has 1 aromatic rings. The summed E-state index contributed by atoms with van der Waals surface area (Å²) in [6.07, 6.45) is 1.55. The van der Waals surface area contributed by atoms with Crippen LogP contribution in [0.5, 0.6) is 0 Å². The quantitative estimate of drug-likeness (QED) is 0.929. The number of rotatable bonds is 3. The van der Waals surface area contributed by atoms with E-state index in [1.165, 1.54) is 4.88 Å². The Labute approximate surface area is 119 Å². The molecule has 1 aliphatic rings. The molecule has 0 aromatic carbocycles. The second-order valence-corrected chi connectivity index (χ2v) is 9.12. The zero-order valence-electron chi connectivity index (χ0n) is 12.0. The van der Waals surface area contributed by atoms with Crippen molar-refractivity contribution in [3.63, 3.8) is 0 Å². The Hall–Kier alpha value is -0.460. The van der Waals surface area contributed by atoms with Crippen LogP contribution in [0.25, 0.3) is 0 Å². The molecular formula is C13H22N2O2S2. The van der Waals surface area contributed by atoms with Gasteiger partial charge in [-0.25, -0.2) is 13.4 Å². The highest BCUT2D eigenvalue weighted by Crippen LogP contribution is 2.36. The molecule has 0 spiro atoms. The Morgan fingerprint density at radius 1 is 1.37 bits per heavy atom. The molecule has 0 bridgehead atoms. The van der Waals surface area contributed by atoms with E-state index in [0.29, 0.717) is 12.2 Å². The summed E-state index contributed by atoms with van der Waals surface area (Å²) in [5, 5.41) is 4.41. The van der Waals surface area contributed by atoms with Crippen molar-refractivity contribution in [1.29, 1.82) is 0 Å². The maximum absolute atomic E-state index is 12.0. The molecule has 19 heavy (non-hydrogen) atoms. The van der Waals surface area contributed by atoms with Crippen LogP contribution in [0.1, 0.15) is 42.3 Å². The summed E-state index contributed by atoms with van der Waals surface area (Å²) < 4.78 is 24.1. The summed E-state index contributed by atoms with van der Waals surface area (Å²) in [5.74, 6) is 0.475. The minimum absolute atomic E-state index is 0.171. The maximum atomic E-state index is 12.0. The van der Waals surface area contributed by atoms with Crippen LogP contribution in [-0.4, -0.2) is 30.9 Å². The lowest BCUT2D eigenvalue weighted by molar-refractivity contribution is 0.300. The summed E-state index contributed by atoms with van der Waals surface area (Å²) in [6, 6.07) is 0.234. The van der Waals surface area contributed by atoms with E-state index >= 15 is 0 Å². The average molecular weight is 302 g/mol. The summed E-state index contributed by atoms with van der Waals surface area (Å²) in [6.45, 7) is 8.12. The summed E-state index contributed by atoms with van der Waals surface area (Å²) in [5.41, 5.74) is 0.516. The second kappa shape index (κ2) is 5.14. The van der Waals surface area contributed by atoms with Crippen LogP contribution < -0.4 is 5.32 Å². The molecule has 2 rings (SSSR count). The largest absolute Gasteiger partial charge is 0.302 e. The van der Waals surface area contributed by atoms with Crippen molar-refractivity contribution in [2.75, 3.05) is 11.5 Å². The predicted molar refractivity (Wildman–Crippen MR) is 79.4 cm³/mol. The maximum Gasteiger partial charge on any atom is 0.152 e. The zero-order valence-corrected chi connectivity index (χ0v) is 13.6. The first-order valence-corrected chi connectivity index (χ1v) is 9.30. The van der Waals surface area contributed by atoms with Gasteiger partial charge in [0.1, 0.15) is 5.01 Å². The predicted octanol–water partition coefficient (Wildman–Crippen LogP) is 2.16. The molecule has 1 aliphatic heterocycles. The third-order valence-electron chi connectivity index (χ3n) is 3.53. The zero-order chi connectivity index (χ0) is 14.3. The van der Waals surface area contributed by atoms with Gasteiger partial charge >= 0.3 is 0 Å². The fourth-order valence-corrected chi connectivity index (χ4v) is 5.72. The molecule has 1 saturated heterocycles. The Morgan fingerprint density at radius 2 is 2.05 bits per heavy atom. The van der Waals surface area contributed by atoms with Crippen LogP contribution in [0.3, 0.4) is 0 Å². The summed E-state index contributed by atoms with van der Waals surface area (Å²) in [7, 11) is -2.98. The van der Waals surface area contributed by atoms with E-state index in [1.807, 2.05) is 13.8 Å². The third kappa shape index (κ3) is 3.17. The number of aryl methyl sites for hydroxylation is 2. The summed E-state index contributed by atoms with van der Waals surface area (Å²) in [4.78, 5) is 5.79. The van der Waals surface area contributed by atoms with E-state index in [9.17, 15) is 8.42 Å². The van der Waals surface area contributed by atoms with E-state index < -0.39 is 15.4 Å². The van der Waals surface area contributed by atoms with Crippen LogP contribution in [0.2, 0.25) is 0 Å². The normalized spacial score (nSPS) is 26.8. The molecule has 1 aromatic heterocycles. The van der Waals surface area contributed by atoms with Gasteiger partial charge in [-0.2, -0.15) is 0 Å². The van der Waals surface area contributed by atoms with Gasteiger partial charge in [-0.3, -0.25) is 0 Å². The fraction of sp³-hybridized carbons (Fsp3) is 0.769. The molecule has 0 amide bonds. The van der Waals surface area contributed by atoms with Crippen LogP contribution in [0, 0.1) is 13.8 Å². The molecule has 1 unspecified atom stereocenters. The molecule has 0 saturated carbocycles. The Bertz CT molecular complexity index is 544. The van der Waals surface area contributed by atoms with Crippen molar-refractivity contribution < 1.29 is 8.42 Å². The lowest BCUT2D eigenvalue weighted by atomic mass is 9.95. The van der Waals surface area contributed by atoms with E-state index in [-0.39, 0.29) is 11.8 Å². The SMILES string of the molecule is Cc1nc(C2(NC(C)C)CCCS(=O)(=O)C2)sc1C. The Balaban J connectivity index is 2.45. The molecule has 1 atom stereocenters. The molecule has 0 aliphatic carbocycles. The molecular weight excluding hydrogens is 280 g/mol. The second-order valence-electron chi connectivity index (χ2n) is 5.74. The number of nitrogens with one attached hydrogen (secondary N) is 1. The van der Waals surface area contributed by atoms with Crippen molar-refractivity contribution in [1.82, 2.24) is 10.3 Å². The van der Waals surface area contributed by atoms with Gasteiger partial charge in [0, 0.05) is 10.9 Å². The standard InChI is InChI=1S/C13H22N2O2S2/c1-9(2)15-13(6-5-7-19(16,17)8-13)12-14-10(3)11(4)18-12/h9,15H,5-8H2,1-4H3. The highest BCUT2D eigenvalue weighted by molar-refractivity contribution is 7.91. The molecule has 1 N–H and O–H groups in total. The van der Waals surface area contributed by atoms with Gasteiger partial charge in [0.2, 0.25) is 0 Å². The van der Waals surface area contributed by atoms with Crippen molar-refractivity contribution >= 4 is 21.2 Å². The number of hydrogen-bond acceptors (Lipinski definition) is 5. The fourth-order valence-electron chi connectivity index (χ4n) is 2.69. The van der Waals surface area contributed by atoms with Crippen LogP contribution >= 0.6 is 11.3 Å². The summed E-state index contributed by atoms with van der Waals surface area (Å²) >= 11 is 1.62. The molecule has 1 fully saturated rings. The van der Waals surface area contributed by atoms with Gasteiger partial charge in [0.05, 0.1) is 22.7 Å². The van der Waals surface area contributed by atoms with Crippen molar-refractivity contribution in [2.45, 2.75) is 52.1 Å². The number of aromatic nitrogens is 1. The van der Waals surface area contributed by atoms with Crippen LogP contribution in [0.15, 0.2) is 0 Å². The Morgan fingerprint density at radius 3 is 2.53 bits per heavy atom. The topological polar surface area (TPSA) is 59.1 Å². The first-order valence-electron chi connectivity index (χ1n) is 6.67. The Kier molecular flexibility index (Phi) is 4.05.